The van der Waals surface area contributed by atoms with E-state index in [1.807, 2.05) is 18.2 Å². The van der Waals surface area contributed by atoms with Gasteiger partial charge in [0.05, 0.1) is 12.2 Å². The lowest BCUT2D eigenvalue weighted by atomic mass is 10.3. The SMILES string of the molecule is O=C(CN1CCOC1=O)Nc1ccccc1Br. The van der Waals surface area contributed by atoms with Crippen LogP contribution in [-0.2, 0) is 9.53 Å². The molecule has 1 fully saturated rings. The number of carbonyl (C=O) groups excluding carboxylic acids is 2. The number of anilines is 1. The Kier molecular flexibility index (Phi) is 3.63. The van der Waals surface area contributed by atoms with Gasteiger partial charge in [0.15, 0.2) is 0 Å². The molecule has 0 saturated carbocycles. The van der Waals surface area contributed by atoms with Gasteiger partial charge in [-0.1, -0.05) is 12.1 Å². The maximum atomic E-state index is 11.7. The van der Waals surface area contributed by atoms with Gasteiger partial charge in [-0.3, -0.25) is 9.69 Å². The highest BCUT2D eigenvalue weighted by molar-refractivity contribution is 9.10. The summed E-state index contributed by atoms with van der Waals surface area (Å²) in [5.74, 6) is -0.240. The number of carbonyl (C=O) groups is 2. The third kappa shape index (κ3) is 2.97. The Hall–Kier alpha value is -1.56. The number of ether oxygens (including phenoxy) is 1. The summed E-state index contributed by atoms with van der Waals surface area (Å²) in [7, 11) is 0. The summed E-state index contributed by atoms with van der Waals surface area (Å²) in [6, 6.07) is 7.30. The van der Waals surface area contributed by atoms with E-state index in [9.17, 15) is 9.59 Å². The number of rotatable bonds is 3. The number of nitrogens with one attached hydrogen (secondary N) is 1. The van der Waals surface area contributed by atoms with E-state index < -0.39 is 6.09 Å². The van der Waals surface area contributed by atoms with Gasteiger partial charge < -0.3 is 10.1 Å². The minimum Gasteiger partial charge on any atom is -0.448 e. The molecular weight excluding hydrogens is 288 g/mol. The molecule has 6 heteroatoms. The van der Waals surface area contributed by atoms with Crippen LogP contribution in [-0.4, -0.2) is 36.6 Å². The number of benzene rings is 1. The van der Waals surface area contributed by atoms with Crippen molar-refractivity contribution in [3.8, 4) is 0 Å². The molecule has 1 aromatic carbocycles. The fourth-order valence-corrected chi connectivity index (χ4v) is 1.88. The molecule has 1 saturated heterocycles. The molecule has 1 aliphatic heterocycles. The fourth-order valence-electron chi connectivity index (χ4n) is 1.49. The van der Waals surface area contributed by atoms with Crippen LogP contribution in [0, 0.1) is 0 Å². The zero-order chi connectivity index (χ0) is 12.3. The lowest BCUT2D eigenvalue weighted by Gasteiger charge is -2.12. The van der Waals surface area contributed by atoms with Gasteiger partial charge in [0, 0.05) is 4.47 Å². The molecule has 0 aromatic heterocycles. The van der Waals surface area contributed by atoms with E-state index >= 15 is 0 Å². The molecule has 0 atom stereocenters. The van der Waals surface area contributed by atoms with Gasteiger partial charge in [0.2, 0.25) is 5.91 Å². The lowest BCUT2D eigenvalue weighted by molar-refractivity contribution is -0.116. The zero-order valence-corrected chi connectivity index (χ0v) is 10.6. The summed E-state index contributed by atoms with van der Waals surface area (Å²) in [6.45, 7) is 0.823. The Morgan fingerprint density at radius 3 is 2.88 bits per heavy atom. The van der Waals surface area contributed by atoms with E-state index in [4.69, 9.17) is 4.74 Å². The standard InChI is InChI=1S/C11H11BrN2O3/c12-8-3-1-2-4-9(8)13-10(15)7-14-5-6-17-11(14)16/h1-4H,5-7H2,(H,13,15). The highest BCUT2D eigenvalue weighted by Gasteiger charge is 2.24. The first-order valence-corrected chi connectivity index (χ1v) is 5.92. The van der Waals surface area contributed by atoms with Crippen LogP contribution in [0.5, 0.6) is 0 Å². The number of para-hydroxylation sites is 1. The lowest BCUT2D eigenvalue weighted by Crippen LogP contribution is -2.33. The fraction of sp³-hybridized carbons (Fsp3) is 0.273. The van der Waals surface area contributed by atoms with Crippen molar-refractivity contribution in [1.82, 2.24) is 4.90 Å². The van der Waals surface area contributed by atoms with Gasteiger partial charge >= 0.3 is 6.09 Å². The third-order valence-corrected chi connectivity index (χ3v) is 3.02. The molecule has 0 bridgehead atoms. The summed E-state index contributed by atoms with van der Waals surface area (Å²) in [5, 5.41) is 2.72. The zero-order valence-electron chi connectivity index (χ0n) is 8.98. The summed E-state index contributed by atoms with van der Waals surface area (Å²) in [5.41, 5.74) is 0.685. The molecule has 1 aliphatic rings. The van der Waals surface area contributed by atoms with Crippen LogP contribution < -0.4 is 5.32 Å². The largest absolute Gasteiger partial charge is 0.448 e. The molecule has 17 heavy (non-hydrogen) atoms. The average molecular weight is 299 g/mol. The van der Waals surface area contributed by atoms with Crippen LogP contribution >= 0.6 is 15.9 Å². The van der Waals surface area contributed by atoms with Crippen molar-refractivity contribution in [2.24, 2.45) is 0 Å². The quantitative estimate of drug-likeness (QED) is 0.926. The highest BCUT2D eigenvalue weighted by Crippen LogP contribution is 2.21. The van der Waals surface area contributed by atoms with Gasteiger partial charge in [-0.25, -0.2) is 4.79 Å². The summed E-state index contributed by atoms with van der Waals surface area (Å²) >= 11 is 3.33. The van der Waals surface area contributed by atoms with Gasteiger partial charge in [-0.2, -0.15) is 0 Å². The smallest absolute Gasteiger partial charge is 0.410 e. The first-order chi connectivity index (χ1) is 8.16. The summed E-state index contributed by atoms with van der Waals surface area (Å²) in [4.78, 5) is 24.2. The van der Waals surface area contributed by atoms with Crippen molar-refractivity contribution in [1.29, 1.82) is 0 Å². The van der Waals surface area contributed by atoms with Gasteiger partial charge in [-0.05, 0) is 28.1 Å². The molecule has 1 aromatic rings. The van der Waals surface area contributed by atoms with Crippen LogP contribution in [0.4, 0.5) is 10.5 Å². The molecule has 1 N–H and O–H groups in total. The number of cyclic esters (lactones) is 1. The number of hydrogen-bond donors (Lipinski definition) is 1. The normalized spacial score (nSPS) is 14.6. The van der Waals surface area contributed by atoms with Crippen molar-refractivity contribution >= 4 is 33.6 Å². The predicted octanol–water partition coefficient (Wildman–Crippen LogP) is 1.84. The molecule has 0 spiro atoms. The molecule has 2 rings (SSSR count). The number of amides is 2. The molecule has 2 amide bonds. The Bertz CT molecular complexity index is 450. The van der Waals surface area contributed by atoms with Crippen LogP contribution in [0.15, 0.2) is 28.7 Å². The Labute approximate surface area is 107 Å². The molecule has 1 heterocycles. The first kappa shape index (κ1) is 11.9. The second-order valence-electron chi connectivity index (χ2n) is 3.56. The van der Waals surface area contributed by atoms with E-state index in [0.29, 0.717) is 18.8 Å². The van der Waals surface area contributed by atoms with E-state index in [-0.39, 0.29) is 12.5 Å². The van der Waals surface area contributed by atoms with Crippen molar-refractivity contribution in [3.63, 3.8) is 0 Å². The second-order valence-corrected chi connectivity index (χ2v) is 4.42. The molecule has 0 unspecified atom stereocenters. The second kappa shape index (κ2) is 5.18. The third-order valence-electron chi connectivity index (χ3n) is 2.33. The minimum absolute atomic E-state index is 0.0141. The van der Waals surface area contributed by atoms with Crippen molar-refractivity contribution < 1.29 is 14.3 Å². The molecule has 90 valence electrons. The molecular formula is C11H11BrN2O3. The topological polar surface area (TPSA) is 58.6 Å². The number of hydrogen-bond acceptors (Lipinski definition) is 3. The van der Waals surface area contributed by atoms with Gasteiger partial charge in [-0.15, -0.1) is 0 Å². The Morgan fingerprint density at radius 2 is 2.24 bits per heavy atom. The van der Waals surface area contributed by atoms with Crippen molar-refractivity contribution in [2.75, 3.05) is 25.0 Å². The van der Waals surface area contributed by atoms with Gasteiger partial charge in [0.1, 0.15) is 13.2 Å². The van der Waals surface area contributed by atoms with Crippen LogP contribution in [0.3, 0.4) is 0 Å². The van der Waals surface area contributed by atoms with Crippen molar-refractivity contribution in [2.45, 2.75) is 0 Å². The van der Waals surface area contributed by atoms with E-state index in [1.165, 1.54) is 4.90 Å². The maximum absolute atomic E-state index is 11.7. The summed E-state index contributed by atoms with van der Waals surface area (Å²) in [6.07, 6.45) is -0.438. The minimum atomic E-state index is -0.438. The number of halogens is 1. The first-order valence-electron chi connectivity index (χ1n) is 5.13. The number of nitrogens with zero attached hydrogens (tertiary/aromatic N) is 1. The van der Waals surface area contributed by atoms with E-state index in [2.05, 4.69) is 21.2 Å². The average Bonchev–Trinajstić information content (AvgIpc) is 2.68. The van der Waals surface area contributed by atoms with E-state index in [0.717, 1.165) is 4.47 Å². The van der Waals surface area contributed by atoms with Crippen LogP contribution in [0.1, 0.15) is 0 Å². The van der Waals surface area contributed by atoms with Crippen LogP contribution in [0.25, 0.3) is 0 Å². The highest BCUT2D eigenvalue weighted by atomic mass is 79.9. The molecule has 0 aliphatic carbocycles. The maximum Gasteiger partial charge on any atom is 0.410 e. The van der Waals surface area contributed by atoms with Crippen LogP contribution in [0.2, 0.25) is 0 Å². The predicted molar refractivity (Wildman–Crippen MR) is 65.7 cm³/mol. The Balaban J connectivity index is 1.93. The van der Waals surface area contributed by atoms with Gasteiger partial charge in [0.25, 0.3) is 0 Å². The Morgan fingerprint density at radius 1 is 1.47 bits per heavy atom. The molecule has 0 radical (unpaired) electrons. The summed E-state index contributed by atoms with van der Waals surface area (Å²) < 4.78 is 5.54. The van der Waals surface area contributed by atoms with E-state index in [1.54, 1.807) is 6.07 Å². The molecule has 5 nitrogen and oxygen atoms in total. The van der Waals surface area contributed by atoms with Crippen molar-refractivity contribution in [3.05, 3.63) is 28.7 Å². The monoisotopic (exact) mass is 298 g/mol.